The molecular formula is C25H22N4O5. The highest BCUT2D eigenvalue weighted by Crippen LogP contribution is 2.23. The molecular weight excluding hydrogens is 436 g/mol. The largest absolute Gasteiger partial charge is 0.497 e. The Bertz CT molecular complexity index is 1280. The number of carbonyl (C=O) groups excluding carboxylic acids is 2. The third-order valence-corrected chi connectivity index (χ3v) is 4.76. The van der Waals surface area contributed by atoms with Crippen molar-refractivity contribution in [1.82, 2.24) is 10.1 Å². The molecule has 0 aliphatic rings. The van der Waals surface area contributed by atoms with E-state index in [1.165, 1.54) is 6.92 Å². The number of benzene rings is 3. The van der Waals surface area contributed by atoms with E-state index in [1.807, 2.05) is 24.3 Å². The minimum atomic E-state index is -0.340. The van der Waals surface area contributed by atoms with Crippen molar-refractivity contribution in [1.29, 1.82) is 0 Å². The molecule has 4 aromatic rings. The summed E-state index contributed by atoms with van der Waals surface area (Å²) in [5, 5.41) is 9.48. The molecule has 0 spiro atoms. The maximum Gasteiger partial charge on any atom is 0.264 e. The summed E-state index contributed by atoms with van der Waals surface area (Å²) in [5.74, 6) is 1.30. The molecule has 0 aliphatic heterocycles. The highest BCUT2D eigenvalue weighted by atomic mass is 16.5. The van der Waals surface area contributed by atoms with Gasteiger partial charge in [0.05, 0.1) is 12.7 Å². The minimum Gasteiger partial charge on any atom is -0.497 e. The normalized spacial score (nSPS) is 10.4. The van der Waals surface area contributed by atoms with E-state index >= 15 is 0 Å². The van der Waals surface area contributed by atoms with Gasteiger partial charge in [-0.2, -0.15) is 4.98 Å². The number of nitrogens with zero attached hydrogens (tertiary/aromatic N) is 2. The lowest BCUT2D eigenvalue weighted by molar-refractivity contribution is -0.114. The van der Waals surface area contributed by atoms with Crippen LogP contribution < -0.4 is 20.1 Å². The molecule has 0 radical (unpaired) electrons. The highest BCUT2D eigenvalue weighted by molar-refractivity contribution is 6.06. The third kappa shape index (κ3) is 5.57. The monoisotopic (exact) mass is 458 g/mol. The Kier molecular flexibility index (Phi) is 6.83. The fraction of sp³-hybridized carbons (Fsp3) is 0.120. The Balaban J connectivity index is 1.41. The summed E-state index contributed by atoms with van der Waals surface area (Å²) in [6.45, 7) is 1.43. The molecule has 2 amide bonds. The second-order valence-electron chi connectivity index (χ2n) is 7.24. The number of rotatable bonds is 8. The van der Waals surface area contributed by atoms with Gasteiger partial charge in [-0.05, 0) is 60.7 Å². The molecule has 2 N–H and O–H groups in total. The first-order valence-corrected chi connectivity index (χ1v) is 10.4. The predicted molar refractivity (Wildman–Crippen MR) is 126 cm³/mol. The number of aromatic nitrogens is 2. The van der Waals surface area contributed by atoms with Crippen LogP contribution in [-0.2, 0) is 11.4 Å². The van der Waals surface area contributed by atoms with E-state index in [9.17, 15) is 9.59 Å². The summed E-state index contributed by atoms with van der Waals surface area (Å²) in [6.07, 6.45) is 0. The van der Waals surface area contributed by atoms with Gasteiger partial charge in [-0.15, -0.1) is 0 Å². The van der Waals surface area contributed by atoms with Crippen LogP contribution in [0.3, 0.4) is 0 Å². The zero-order chi connectivity index (χ0) is 23.9. The van der Waals surface area contributed by atoms with Gasteiger partial charge in [0.2, 0.25) is 11.7 Å². The SMILES string of the molecule is COc1ccc(-c2noc(COc3ccccc3C(=O)Nc3ccc(NC(C)=O)cc3)n2)cc1. The molecule has 3 aromatic carbocycles. The summed E-state index contributed by atoms with van der Waals surface area (Å²) in [6, 6.07) is 21.0. The fourth-order valence-electron chi connectivity index (χ4n) is 3.13. The number of anilines is 2. The van der Waals surface area contributed by atoms with Gasteiger partial charge < -0.3 is 24.6 Å². The van der Waals surface area contributed by atoms with Gasteiger partial charge in [-0.25, -0.2) is 0 Å². The van der Waals surface area contributed by atoms with E-state index in [-0.39, 0.29) is 24.3 Å². The van der Waals surface area contributed by atoms with E-state index in [1.54, 1.807) is 55.6 Å². The number of ether oxygens (including phenoxy) is 2. The Labute approximate surface area is 195 Å². The summed E-state index contributed by atoms with van der Waals surface area (Å²) < 4.78 is 16.2. The van der Waals surface area contributed by atoms with Crippen LogP contribution in [0.15, 0.2) is 77.3 Å². The van der Waals surface area contributed by atoms with Crippen molar-refractivity contribution in [2.75, 3.05) is 17.7 Å². The Hall–Kier alpha value is -4.66. The van der Waals surface area contributed by atoms with Crippen LogP contribution in [0.25, 0.3) is 11.4 Å². The van der Waals surface area contributed by atoms with Gasteiger partial charge in [-0.1, -0.05) is 17.3 Å². The number of hydrogen-bond donors (Lipinski definition) is 2. The average Bonchev–Trinajstić information content (AvgIpc) is 3.33. The van der Waals surface area contributed by atoms with E-state index < -0.39 is 0 Å². The Morgan fingerprint density at radius 1 is 0.912 bits per heavy atom. The van der Waals surface area contributed by atoms with Gasteiger partial charge in [0, 0.05) is 23.9 Å². The molecule has 0 saturated heterocycles. The van der Waals surface area contributed by atoms with Crippen LogP contribution in [0, 0.1) is 0 Å². The minimum absolute atomic E-state index is 0.00113. The van der Waals surface area contributed by atoms with E-state index in [0.717, 1.165) is 11.3 Å². The quantitative estimate of drug-likeness (QED) is 0.398. The molecule has 34 heavy (non-hydrogen) atoms. The van der Waals surface area contributed by atoms with Crippen molar-refractivity contribution < 1.29 is 23.6 Å². The number of methoxy groups -OCH3 is 1. The molecule has 172 valence electrons. The van der Waals surface area contributed by atoms with Crippen LogP contribution in [0.2, 0.25) is 0 Å². The van der Waals surface area contributed by atoms with Crippen LogP contribution in [0.1, 0.15) is 23.2 Å². The topological polar surface area (TPSA) is 116 Å². The fourth-order valence-corrected chi connectivity index (χ4v) is 3.13. The number of hydrogen-bond acceptors (Lipinski definition) is 7. The predicted octanol–water partition coefficient (Wildman–Crippen LogP) is 4.53. The molecule has 9 heteroatoms. The van der Waals surface area contributed by atoms with Crippen LogP contribution >= 0.6 is 0 Å². The first kappa shape index (κ1) is 22.5. The molecule has 1 heterocycles. The maximum atomic E-state index is 12.8. The lowest BCUT2D eigenvalue weighted by Crippen LogP contribution is -2.14. The molecule has 0 bridgehead atoms. The number of carbonyl (C=O) groups is 2. The number of nitrogens with one attached hydrogen (secondary N) is 2. The van der Waals surface area contributed by atoms with Gasteiger partial charge in [0.15, 0.2) is 6.61 Å². The van der Waals surface area contributed by atoms with Crippen molar-refractivity contribution in [3.8, 4) is 22.9 Å². The van der Waals surface area contributed by atoms with Crippen molar-refractivity contribution in [2.45, 2.75) is 13.5 Å². The second kappa shape index (κ2) is 10.3. The molecule has 0 atom stereocenters. The van der Waals surface area contributed by atoms with Crippen LogP contribution in [0.4, 0.5) is 11.4 Å². The Morgan fingerprint density at radius 2 is 1.59 bits per heavy atom. The zero-order valence-electron chi connectivity index (χ0n) is 18.6. The van der Waals surface area contributed by atoms with E-state index in [2.05, 4.69) is 20.8 Å². The van der Waals surface area contributed by atoms with Gasteiger partial charge in [0.25, 0.3) is 11.8 Å². The van der Waals surface area contributed by atoms with Gasteiger partial charge in [-0.3, -0.25) is 9.59 Å². The van der Waals surface area contributed by atoms with Gasteiger partial charge in [0.1, 0.15) is 11.5 Å². The first-order valence-electron chi connectivity index (χ1n) is 10.4. The maximum absolute atomic E-state index is 12.8. The Morgan fingerprint density at radius 3 is 2.26 bits per heavy atom. The first-order chi connectivity index (χ1) is 16.5. The van der Waals surface area contributed by atoms with Crippen LogP contribution in [-0.4, -0.2) is 29.1 Å². The van der Waals surface area contributed by atoms with Crippen molar-refractivity contribution >= 4 is 23.2 Å². The lowest BCUT2D eigenvalue weighted by atomic mass is 10.2. The highest BCUT2D eigenvalue weighted by Gasteiger charge is 2.15. The van der Waals surface area contributed by atoms with E-state index in [4.69, 9.17) is 14.0 Å². The second-order valence-corrected chi connectivity index (χ2v) is 7.24. The molecule has 9 nitrogen and oxygen atoms in total. The number of para-hydroxylation sites is 1. The third-order valence-electron chi connectivity index (χ3n) is 4.76. The van der Waals surface area contributed by atoms with Crippen molar-refractivity contribution in [2.24, 2.45) is 0 Å². The zero-order valence-corrected chi connectivity index (χ0v) is 18.6. The molecule has 0 unspecified atom stereocenters. The number of amides is 2. The summed E-state index contributed by atoms with van der Waals surface area (Å²) in [4.78, 5) is 28.3. The molecule has 0 saturated carbocycles. The summed E-state index contributed by atoms with van der Waals surface area (Å²) in [5.41, 5.74) is 2.35. The smallest absolute Gasteiger partial charge is 0.264 e. The molecule has 0 aliphatic carbocycles. The standard InChI is InChI=1S/C25H22N4O5/c1-16(30)26-18-9-11-19(12-10-18)27-25(31)21-5-3-4-6-22(21)33-15-23-28-24(29-34-23)17-7-13-20(32-2)14-8-17/h3-14H,15H2,1-2H3,(H,26,30)(H,27,31). The molecule has 4 rings (SSSR count). The van der Waals surface area contributed by atoms with Crippen molar-refractivity contribution in [3.63, 3.8) is 0 Å². The summed E-state index contributed by atoms with van der Waals surface area (Å²) >= 11 is 0. The van der Waals surface area contributed by atoms with Crippen molar-refractivity contribution in [3.05, 3.63) is 84.3 Å². The average molecular weight is 458 g/mol. The molecule has 0 fully saturated rings. The van der Waals surface area contributed by atoms with E-state index in [0.29, 0.717) is 28.5 Å². The van der Waals surface area contributed by atoms with Crippen LogP contribution in [0.5, 0.6) is 11.5 Å². The summed E-state index contributed by atoms with van der Waals surface area (Å²) in [7, 11) is 1.60. The molecule has 1 aromatic heterocycles. The lowest BCUT2D eigenvalue weighted by Gasteiger charge is -2.11. The van der Waals surface area contributed by atoms with Gasteiger partial charge >= 0.3 is 0 Å².